The van der Waals surface area contributed by atoms with Crippen molar-refractivity contribution in [2.45, 2.75) is 18.7 Å². The van der Waals surface area contributed by atoms with Gasteiger partial charge in [-0.1, -0.05) is 6.07 Å². The van der Waals surface area contributed by atoms with E-state index in [2.05, 4.69) is 26.1 Å². The molecule has 14 nitrogen and oxygen atoms in total. The number of hydrogen-bond donors (Lipinski definition) is 3. The van der Waals surface area contributed by atoms with Crippen LogP contribution in [0.2, 0.25) is 0 Å². The van der Waals surface area contributed by atoms with Crippen LogP contribution >= 0.6 is 0 Å². The van der Waals surface area contributed by atoms with E-state index in [-0.39, 0.29) is 86.4 Å². The van der Waals surface area contributed by atoms with Crippen molar-refractivity contribution in [3.8, 4) is 0 Å². The number of nitrogens with two attached hydrogens (primary N) is 1. The summed E-state index contributed by atoms with van der Waals surface area (Å²) < 4.78 is 70.3. The largest absolute Gasteiger partial charge is 1.00 e. The van der Waals surface area contributed by atoms with Gasteiger partial charge in [-0.3, -0.25) is 15.0 Å². The summed E-state index contributed by atoms with van der Waals surface area (Å²) in [6.07, 6.45) is 1.02. The summed E-state index contributed by atoms with van der Waals surface area (Å²) in [6, 6.07) is 18.8. The molecule has 0 spiro atoms. The fourth-order valence-corrected chi connectivity index (χ4v) is 5.76. The van der Waals surface area contributed by atoms with Gasteiger partial charge in [0, 0.05) is 22.5 Å². The zero-order chi connectivity index (χ0) is 34.1. The second-order valence-corrected chi connectivity index (χ2v) is 13.1. The minimum Gasteiger partial charge on any atom is -0.744 e. The van der Waals surface area contributed by atoms with Crippen molar-refractivity contribution in [3.05, 3.63) is 112 Å². The van der Waals surface area contributed by atoms with Gasteiger partial charge in [-0.05, 0) is 109 Å². The summed E-state index contributed by atoms with van der Waals surface area (Å²) in [6.45, 7) is 3.26. The average Bonchev–Trinajstić information content (AvgIpc) is 2.99. The van der Waals surface area contributed by atoms with Crippen molar-refractivity contribution in [1.29, 1.82) is 0 Å². The molecule has 4 aromatic rings. The Labute approximate surface area is 326 Å². The van der Waals surface area contributed by atoms with Crippen LogP contribution in [0.25, 0.3) is 6.08 Å². The van der Waals surface area contributed by atoms with E-state index in [9.17, 15) is 35.5 Å². The third kappa shape index (κ3) is 9.58. The second-order valence-electron chi connectivity index (χ2n) is 10.3. The molecule has 0 bridgehead atoms. The maximum atomic E-state index is 13.4. The Hall–Kier alpha value is -3.55. The fraction of sp³-hybridized carbons (Fsp3) is 0.0645. The molecule has 4 aromatic carbocycles. The molecule has 0 aromatic heterocycles. The smallest absolute Gasteiger partial charge is 0.744 e. The first kappa shape index (κ1) is 39.9. The predicted octanol–water partition coefficient (Wildman–Crippen LogP) is -0.984. The van der Waals surface area contributed by atoms with Crippen molar-refractivity contribution in [2.24, 2.45) is 15.3 Å². The van der Waals surface area contributed by atoms with Crippen LogP contribution in [-0.4, -0.2) is 43.3 Å². The van der Waals surface area contributed by atoms with Gasteiger partial charge in [-0.15, -0.1) is 0 Å². The van der Waals surface area contributed by atoms with E-state index < -0.39 is 42.5 Å². The molecule has 18 heteroatoms. The summed E-state index contributed by atoms with van der Waals surface area (Å²) in [5.41, 5.74) is 10.9. The number of rotatable bonds is 8. The minimum absolute atomic E-state index is 0. The van der Waals surface area contributed by atoms with E-state index in [1.54, 1.807) is 50.2 Å². The summed E-state index contributed by atoms with van der Waals surface area (Å²) in [7, 11) is -9.77. The number of carbonyl (C=O) groups is 2. The second kappa shape index (κ2) is 16.0. The van der Waals surface area contributed by atoms with Crippen molar-refractivity contribution < 1.29 is 94.6 Å². The van der Waals surface area contributed by atoms with Gasteiger partial charge in [0.1, 0.15) is 25.9 Å². The number of aryl methyl sites for hydroxylation is 2. The summed E-state index contributed by atoms with van der Waals surface area (Å²) in [5.74, 6) is -1.32. The molecule has 1 aliphatic rings. The van der Waals surface area contributed by atoms with E-state index >= 15 is 0 Å². The van der Waals surface area contributed by atoms with Gasteiger partial charge in [0.2, 0.25) is 5.78 Å². The molecular weight excluding hydrogens is 694 g/mol. The number of nitrogens with one attached hydrogen (secondary N) is 2. The van der Waals surface area contributed by atoms with Crippen LogP contribution in [0.15, 0.2) is 104 Å². The van der Waals surface area contributed by atoms with E-state index in [0.29, 0.717) is 33.9 Å². The van der Waals surface area contributed by atoms with Gasteiger partial charge in [0.05, 0.1) is 26.9 Å². The maximum absolute atomic E-state index is 13.4. The number of hydrazone groups is 1. The molecule has 49 heavy (non-hydrogen) atoms. The number of azo groups is 1. The first-order valence-electron chi connectivity index (χ1n) is 13.6. The Morgan fingerprint density at radius 2 is 1.55 bits per heavy atom. The van der Waals surface area contributed by atoms with Gasteiger partial charge in [0.25, 0.3) is 5.91 Å². The summed E-state index contributed by atoms with van der Waals surface area (Å²) >= 11 is 0. The normalized spacial score (nSPS) is 13.6. The van der Waals surface area contributed by atoms with Gasteiger partial charge in [-0.25, -0.2) is 16.8 Å². The van der Waals surface area contributed by atoms with Crippen molar-refractivity contribution in [3.63, 3.8) is 0 Å². The number of ketones is 1. The van der Waals surface area contributed by atoms with E-state index in [1.807, 2.05) is 0 Å². The third-order valence-electron chi connectivity index (χ3n) is 6.94. The zero-order valence-electron chi connectivity index (χ0n) is 26.6. The topological polar surface area (TPSA) is 236 Å². The summed E-state index contributed by atoms with van der Waals surface area (Å²) in [5, 5.41) is 14.9. The maximum Gasteiger partial charge on any atom is 1.00 e. The molecule has 0 radical (unpaired) electrons. The number of allylic oxidation sites excluding steroid dienone is 1. The molecular formula is C31H24N6Na2O8S2. The molecule has 5 rings (SSSR count). The van der Waals surface area contributed by atoms with E-state index in [1.165, 1.54) is 36.4 Å². The molecule has 0 aliphatic heterocycles. The first-order valence-corrected chi connectivity index (χ1v) is 16.4. The first-order chi connectivity index (χ1) is 22.1. The van der Waals surface area contributed by atoms with Crippen molar-refractivity contribution in [1.82, 2.24) is 0 Å². The van der Waals surface area contributed by atoms with Crippen LogP contribution in [0.1, 0.15) is 37.4 Å². The standard InChI is InChI=1S/C31H26N6O8S2.2Na/c1-17-12-23(34-35-27-11-8-24(13-18(27)2)46(40,41)42)7-10-26(17)36-37-29-28(47(43,44)45)16-20-15-22(6-9-25(20)30(29)38)33-31(39)19-4-3-5-21(32)14-19;;/h3-16,36H,32H2,1-2H3,(H,33,39)(H,40,41,42)(H,43,44,45);;/q;2*+1/p-2. The van der Waals surface area contributed by atoms with Crippen LogP contribution < -0.4 is 75.6 Å². The zero-order valence-corrected chi connectivity index (χ0v) is 32.2. The number of hydrogen-bond acceptors (Lipinski definition) is 13. The number of carbonyl (C=O) groups excluding carboxylic acids is 2. The number of nitrogen functional groups attached to an aromatic ring is 1. The van der Waals surface area contributed by atoms with Gasteiger partial charge in [0.15, 0.2) is 0 Å². The fourth-order valence-electron chi connectivity index (χ4n) is 4.55. The molecule has 0 atom stereocenters. The molecule has 1 amide bonds. The van der Waals surface area contributed by atoms with Crippen LogP contribution in [0.5, 0.6) is 0 Å². The van der Waals surface area contributed by atoms with Gasteiger partial charge in [-0.2, -0.15) is 15.3 Å². The van der Waals surface area contributed by atoms with Crippen LogP contribution in [0.3, 0.4) is 0 Å². The Balaban J connectivity index is 0.00000325. The Morgan fingerprint density at radius 3 is 2.18 bits per heavy atom. The Morgan fingerprint density at radius 1 is 0.816 bits per heavy atom. The Bertz CT molecular complexity index is 2290. The average molecular weight is 719 g/mol. The van der Waals surface area contributed by atoms with E-state index in [0.717, 1.165) is 12.1 Å². The number of Topliss-reactive ketones (excluding diaryl/α,β-unsaturated/α-hetero) is 1. The number of anilines is 3. The van der Waals surface area contributed by atoms with Crippen molar-refractivity contribution >= 4 is 72.2 Å². The molecule has 240 valence electrons. The predicted molar refractivity (Wildman–Crippen MR) is 173 cm³/mol. The van der Waals surface area contributed by atoms with E-state index in [4.69, 9.17) is 5.73 Å². The molecule has 0 fully saturated rings. The third-order valence-corrected chi connectivity index (χ3v) is 8.62. The minimum atomic E-state index is -5.16. The van der Waals surface area contributed by atoms with Crippen molar-refractivity contribution in [2.75, 3.05) is 16.5 Å². The quantitative estimate of drug-likeness (QED) is 0.0662. The van der Waals surface area contributed by atoms with Crippen LogP contribution in [0, 0.1) is 13.8 Å². The van der Waals surface area contributed by atoms with Crippen LogP contribution in [-0.2, 0) is 20.2 Å². The van der Waals surface area contributed by atoms with Crippen LogP contribution in [0.4, 0.5) is 28.4 Å². The summed E-state index contributed by atoms with van der Waals surface area (Å²) in [4.78, 5) is 24.8. The Kier molecular flexibility index (Phi) is 13.0. The number of benzene rings is 4. The number of amides is 1. The molecule has 0 unspecified atom stereocenters. The number of nitrogens with zero attached hydrogens (tertiary/aromatic N) is 3. The van der Waals surface area contributed by atoms with Gasteiger partial charge >= 0.3 is 59.1 Å². The van der Waals surface area contributed by atoms with Gasteiger partial charge < -0.3 is 20.2 Å². The molecule has 0 saturated carbocycles. The number of fused-ring (bicyclic) bond motifs is 1. The molecule has 0 heterocycles. The molecule has 4 N–H and O–H groups in total. The molecule has 1 aliphatic carbocycles. The molecule has 0 saturated heterocycles. The SMILES string of the molecule is Cc1cc(S(=O)(=O)[O-])ccc1N=Nc1ccc(NN=C2C(=O)c3ccc(NC(=O)c4cccc(N)c4)cc3C=C2S(=O)(=O)[O-])c(C)c1.[Na+].[Na+]. The monoisotopic (exact) mass is 718 g/mol.